The third-order valence-electron chi connectivity index (χ3n) is 1.38. The molecule has 4 nitrogen and oxygen atoms in total. The molecule has 0 aromatic carbocycles. The molecule has 1 fully saturated rings. The van der Waals surface area contributed by atoms with E-state index in [2.05, 4.69) is 27.6 Å². The highest BCUT2D eigenvalue weighted by atomic mass is 32.1. The van der Waals surface area contributed by atoms with Gasteiger partial charge in [0, 0.05) is 25.8 Å². The Morgan fingerprint density at radius 3 is 3.00 bits per heavy atom. The number of nitrogens with one attached hydrogen (secondary N) is 1. The van der Waals surface area contributed by atoms with Gasteiger partial charge in [-0.15, -0.1) is 0 Å². The Labute approximate surface area is 71.4 Å². The largest absolute Gasteiger partial charge is 0.375 e. The Morgan fingerprint density at radius 2 is 2.45 bits per heavy atom. The van der Waals surface area contributed by atoms with Gasteiger partial charge < -0.3 is 10.6 Å². The van der Waals surface area contributed by atoms with Crippen LogP contribution < -0.4 is 11.2 Å². The average Bonchev–Trinajstić information content (AvgIpc) is 2.70. The number of hydrogen-bond acceptors (Lipinski definition) is 3. The Morgan fingerprint density at radius 1 is 1.73 bits per heavy atom. The van der Waals surface area contributed by atoms with Crippen LogP contribution in [0.5, 0.6) is 0 Å². The van der Waals surface area contributed by atoms with Gasteiger partial charge in [-0.25, -0.2) is 0 Å². The maximum absolute atomic E-state index is 5.14. The lowest BCUT2D eigenvalue weighted by Crippen LogP contribution is -2.24. The third-order valence-corrected chi connectivity index (χ3v) is 1.47. The molecule has 62 valence electrons. The Hall–Kier alpha value is -0.680. The normalized spacial score (nSPS) is 17.1. The van der Waals surface area contributed by atoms with Crippen molar-refractivity contribution in [1.29, 1.82) is 0 Å². The van der Waals surface area contributed by atoms with E-state index in [0.717, 1.165) is 13.0 Å². The minimum atomic E-state index is 0.216. The molecular formula is C6H12N4S. The average molecular weight is 172 g/mol. The van der Waals surface area contributed by atoms with E-state index in [0.29, 0.717) is 0 Å². The van der Waals surface area contributed by atoms with Crippen LogP contribution >= 0.6 is 12.2 Å². The van der Waals surface area contributed by atoms with Gasteiger partial charge in [-0.3, -0.25) is 5.43 Å². The van der Waals surface area contributed by atoms with Gasteiger partial charge in [-0.1, -0.05) is 0 Å². The standard InChI is InChI=1S/C6H12N4S/c7-6(11)9-8-2-1-3-10-4-5-10/h2H,1,3-5H2,(H3,7,9,11)/b8-2+. The fourth-order valence-corrected chi connectivity index (χ4v) is 0.761. The summed E-state index contributed by atoms with van der Waals surface area (Å²) in [7, 11) is 0. The minimum Gasteiger partial charge on any atom is -0.375 e. The number of nitrogens with two attached hydrogens (primary N) is 1. The Bertz CT molecular complexity index is 164. The van der Waals surface area contributed by atoms with Crippen molar-refractivity contribution in [2.75, 3.05) is 19.6 Å². The summed E-state index contributed by atoms with van der Waals surface area (Å²) in [5.41, 5.74) is 7.64. The first-order valence-electron chi connectivity index (χ1n) is 3.58. The van der Waals surface area contributed by atoms with E-state index >= 15 is 0 Å². The quantitative estimate of drug-likeness (QED) is 0.260. The van der Waals surface area contributed by atoms with Crippen LogP contribution in [0.1, 0.15) is 6.42 Å². The number of hydrogen-bond donors (Lipinski definition) is 2. The molecule has 0 unspecified atom stereocenters. The molecular weight excluding hydrogens is 160 g/mol. The monoisotopic (exact) mass is 172 g/mol. The highest BCUT2D eigenvalue weighted by Gasteiger charge is 2.14. The highest BCUT2D eigenvalue weighted by molar-refractivity contribution is 7.80. The van der Waals surface area contributed by atoms with E-state index in [-0.39, 0.29) is 5.11 Å². The first kappa shape index (κ1) is 8.42. The topological polar surface area (TPSA) is 53.4 Å². The predicted molar refractivity (Wildman–Crippen MR) is 49.5 cm³/mol. The molecule has 1 rings (SSSR count). The molecule has 0 amide bonds. The number of thiocarbonyl (C=S) groups is 1. The van der Waals surface area contributed by atoms with Gasteiger partial charge in [0.25, 0.3) is 0 Å². The molecule has 0 spiro atoms. The molecule has 1 heterocycles. The summed E-state index contributed by atoms with van der Waals surface area (Å²) < 4.78 is 0. The zero-order valence-electron chi connectivity index (χ0n) is 6.29. The molecule has 1 aliphatic rings. The maximum Gasteiger partial charge on any atom is 0.184 e. The van der Waals surface area contributed by atoms with Crippen LogP contribution in [0.4, 0.5) is 0 Å². The van der Waals surface area contributed by atoms with Crippen LogP contribution in [-0.4, -0.2) is 35.9 Å². The van der Waals surface area contributed by atoms with E-state index in [1.807, 2.05) is 0 Å². The molecule has 11 heavy (non-hydrogen) atoms. The molecule has 1 aliphatic heterocycles. The summed E-state index contributed by atoms with van der Waals surface area (Å²) in [6.45, 7) is 3.55. The summed E-state index contributed by atoms with van der Waals surface area (Å²) in [5, 5.41) is 4.02. The van der Waals surface area contributed by atoms with Gasteiger partial charge in [0.05, 0.1) is 0 Å². The molecule has 3 N–H and O–H groups in total. The van der Waals surface area contributed by atoms with Crippen molar-refractivity contribution in [2.45, 2.75) is 6.42 Å². The van der Waals surface area contributed by atoms with Crippen molar-refractivity contribution in [3.05, 3.63) is 0 Å². The first-order chi connectivity index (χ1) is 5.29. The van der Waals surface area contributed by atoms with Crippen LogP contribution in [0.3, 0.4) is 0 Å². The van der Waals surface area contributed by atoms with Crippen molar-refractivity contribution in [1.82, 2.24) is 10.3 Å². The lowest BCUT2D eigenvalue weighted by Gasteiger charge is -1.95. The first-order valence-corrected chi connectivity index (χ1v) is 3.99. The summed E-state index contributed by atoms with van der Waals surface area (Å²) in [5.74, 6) is 0. The van der Waals surface area contributed by atoms with E-state index in [1.54, 1.807) is 6.21 Å². The van der Waals surface area contributed by atoms with Gasteiger partial charge >= 0.3 is 0 Å². The van der Waals surface area contributed by atoms with Gasteiger partial charge in [-0.05, 0) is 18.6 Å². The third kappa shape index (κ3) is 4.69. The lowest BCUT2D eigenvalue weighted by molar-refractivity contribution is 0.577. The second-order valence-corrected chi connectivity index (χ2v) is 2.86. The predicted octanol–water partition coefficient (Wildman–Crippen LogP) is -0.489. The van der Waals surface area contributed by atoms with Gasteiger partial charge in [0.2, 0.25) is 0 Å². The highest BCUT2D eigenvalue weighted by Crippen LogP contribution is 2.01. The summed E-state index contributed by atoms with van der Waals surface area (Å²) in [6.07, 6.45) is 2.74. The molecule has 0 atom stereocenters. The van der Waals surface area contributed by atoms with Crippen LogP contribution in [0, 0.1) is 0 Å². The fourth-order valence-electron chi connectivity index (χ4n) is 0.708. The number of hydrazone groups is 1. The van der Waals surface area contributed by atoms with E-state index in [9.17, 15) is 0 Å². The van der Waals surface area contributed by atoms with E-state index < -0.39 is 0 Å². The smallest absolute Gasteiger partial charge is 0.184 e. The minimum absolute atomic E-state index is 0.216. The lowest BCUT2D eigenvalue weighted by atomic mass is 10.5. The van der Waals surface area contributed by atoms with Crippen molar-refractivity contribution in [2.24, 2.45) is 10.8 Å². The molecule has 0 aromatic heterocycles. The van der Waals surface area contributed by atoms with E-state index in [4.69, 9.17) is 5.73 Å². The Balaban J connectivity index is 1.91. The zero-order chi connectivity index (χ0) is 8.10. The van der Waals surface area contributed by atoms with Crippen molar-refractivity contribution in [3.63, 3.8) is 0 Å². The second kappa shape index (κ2) is 4.25. The van der Waals surface area contributed by atoms with Crippen LogP contribution in [0.2, 0.25) is 0 Å². The van der Waals surface area contributed by atoms with Crippen LogP contribution in [0.25, 0.3) is 0 Å². The zero-order valence-corrected chi connectivity index (χ0v) is 7.10. The maximum atomic E-state index is 5.14. The van der Waals surface area contributed by atoms with E-state index in [1.165, 1.54) is 13.1 Å². The molecule has 5 heteroatoms. The number of rotatable bonds is 4. The Kier molecular flexibility index (Phi) is 3.25. The fraction of sp³-hybridized carbons (Fsp3) is 0.667. The molecule has 0 aromatic rings. The van der Waals surface area contributed by atoms with Crippen molar-refractivity contribution in [3.8, 4) is 0 Å². The summed E-state index contributed by atoms with van der Waals surface area (Å²) >= 11 is 4.55. The molecule has 0 radical (unpaired) electrons. The van der Waals surface area contributed by atoms with Gasteiger partial charge in [0.1, 0.15) is 0 Å². The molecule has 1 saturated heterocycles. The van der Waals surface area contributed by atoms with Gasteiger partial charge in [-0.2, -0.15) is 5.10 Å². The number of nitrogens with zero attached hydrogens (tertiary/aromatic N) is 2. The molecule has 0 saturated carbocycles. The second-order valence-electron chi connectivity index (χ2n) is 2.42. The summed E-state index contributed by atoms with van der Waals surface area (Å²) in [4.78, 5) is 2.33. The molecule has 0 bridgehead atoms. The molecule has 0 aliphatic carbocycles. The van der Waals surface area contributed by atoms with Crippen LogP contribution in [-0.2, 0) is 0 Å². The van der Waals surface area contributed by atoms with Crippen molar-refractivity contribution < 1.29 is 0 Å². The van der Waals surface area contributed by atoms with Crippen LogP contribution in [0.15, 0.2) is 5.10 Å². The SMILES string of the molecule is NC(=S)N/N=C/CCN1CC1. The van der Waals surface area contributed by atoms with Gasteiger partial charge in [0.15, 0.2) is 5.11 Å². The van der Waals surface area contributed by atoms with Crippen molar-refractivity contribution >= 4 is 23.5 Å². The summed E-state index contributed by atoms with van der Waals surface area (Å²) in [6, 6.07) is 0.